The van der Waals surface area contributed by atoms with Crippen LogP contribution in [-0.2, 0) is 11.2 Å². The Balaban J connectivity index is 2.51. The van der Waals surface area contributed by atoms with Gasteiger partial charge in [-0.15, -0.1) is 11.6 Å². The zero-order valence-electron chi connectivity index (χ0n) is 8.47. The minimum atomic E-state index is -0.147. The lowest BCUT2D eigenvalue weighted by atomic mass is 10.1. The predicted molar refractivity (Wildman–Crippen MR) is 63.5 cm³/mol. The van der Waals surface area contributed by atoms with Gasteiger partial charge in [-0.25, -0.2) is 0 Å². The number of amides is 1. The zero-order valence-corrected chi connectivity index (χ0v) is 9.98. The van der Waals surface area contributed by atoms with Gasteiger partial charge in [0.05, 0.1) is 0 Å². The maximum Gasteiger partial charge on any atom is 0.235 e. The summed E-state index contributed by atoms with van der Waals surface area (Å²) < 4.78 is 0. The Morgan fingerprint density at radius 3 is 2.87 bits per heavy atom. The average molecular weight is 246 g/mol. The molecule has 82 valence electrons. The van der Waals surface area contributed by atoms with E-state index in [0.29, 0.717) is 5.02 Å². The molecule has 1 rings (SSSR count). The van der Waals surface area contributed by atoms with E-state index < -0.39 is 0 Å². The van der Waals surface area contributed by atoms with Crippen LogP contribution in [0.25, 0.3) is 0 Å². The highest BCUT2D eigenvalue weighted by Crippen LogP contribution is 2.12. The highest BCUT2D eigenvalue weighted by atomic mass is 35.5. The summed E-state index contributed by atoms with van der Waals surface area (Å²) in [5, 5.41) is 3.49. The van der Waals surface area contributed by atoms with Gasteiger partial charge in [-0.2, -0.15) is 0 Å². The number of carbonyl (C=O) groups is 1. The number of alkyl halides is 1. The highest BCUT2D eigenvalue weighted by molar-refractivity contribution is 6.30. The van der Waals surface area contributed by atoms with Crippen molar-refractivity contribution in [2.45, 2.75) is 19.4 Å². The van der Waals surface area contributed by atoms with Crippen molar-refractivity contribution in [1.82, 2.24) is 5.32 Å². The Morgan fingerprint density at radius 2 is 2.27 bits per heavy atom. The van der Waals surface area contributed by atoms with Gasteiger partial charge in [0.2, 0.25) is 5.91 Å². The van der Waals surface area contributed by atoms with E-state index in [9.17, 15) is 4.79 Å². The van der Waals surface area contributed by atoms with Crippen molar-refractivity contribution in [2.24, 2.45) is 0 Å². The first kappa shape index (κ1) is 12.3. The van der Waals surface area contributed by atoms with E-state index in [4.69, 9.17) is 23.2 Å². The molecule has 1 aromatic carbocycles. The van der Waals surface area contributed by atoms with Crippen LogP contribution < -0.4 is 5.32 Å². The third-order valence-electron chi connectivity index (χ3n) is 1.96. The van der Waals surface area contributed by atoms with Crippen molar-refractivity contribution in [2.75, 3.05) is 5.88 Å². The molecule has 15 heavy (non-hydrogen) atoms. The molecule has 0 spiro atoms. The molecule has 1 unspecified atom stereocenters. The van der Waals surface area contributed by atoms with E-state index in [0.717, 1.165) is 12.0 Å². The van der Waals surface area contributed by atoms with Crippen LogP contribution in [0.5, 0.6) is 0 Å². The number of hydrogen-bond acceptors (Lipinski definition) is 1. The van der Waals surface area contributed by atoms with Crippen molar-refractivity contribution in [3.05, 3.63) is 34.9 Å². The van der Waals surface area contributed by atoms with Gasteiger partial charge in [0.1, 0.15) is 5.88 Å². The average Bonchev–Trinajstić information content (AvgIpc) is 2.17. The molecule has 0 radical (unpaired) electrons. The Labute approximate surface area is 99.6 Å². The summed E-state index contributed by atoms with van der Waals surface area (Å²) in [7, 11) is 0. The molecule has 0 aromatic heterocycles. The molecule has 0 heterocycles. The molecule has 0 aliphatic rings. The summed E-state index contributed by atoms with van der Waals surface area (Å²) >= 11 is 11.2. The van der Waals surface area contributed by atoms with E-state index in [-0.39, 0.29) is 17.8 Å². The lowest BCUT2D eigenvalue weighted by Crippen LogP contribution is -2.34. The summed E-state index contributed by atoms with van der Waals surface area (Å²) in [6, 6.07) is 7.66. The topological polar surface area (TPSA) is 29.1 Å². The summed E-state index contributed by atoms with van der Waals surface area (Å²) in [6.45, 7) is 1.94. The number of nitrogens with one attached hydrogen (secondary N) is 1. The van der Waals surface area contributed by atoms with E-state index in [1.807, 2.05) is 31.2 Å². The predicted octanol–water partition coefficient (Wildman–Crippen LogP) is 2.63. The first-order valence-electron chi connectivity index (χ1n) is 4.71. The monoisotopic (exact) mass is 245 g/mol. The van der Waals surface area contributed by atoms with Gasteiger partial charge in [0.15, 0.2) is 0 Å². The molecule has 0 bridgehead atoms. The minimum Gasteiger partial charge on any atom is -0.352 e. The number of carbonyl (C=O) groups excluding carboxylic acids is 1. The second-order valence-corrected chi connectivity index (χ2v) is 4.14. The molecule has 0 aliphatic carbocycles. The van der Waals surface area contributed by atoms with Gasteiger partial charge in [-0.05, 0) is 31.0 Å². The molecule has 0 saturated carbocycles. The molecule has 1 N–H and O–H groups in total. The zero-order chi connectivity index (χ0) is 11.3. The maximum absolute atomic E-state index is 11.0. The Morgan fingerprint density at radius 1 is 1.53 bits per heavy atom. The van der Waals surface area contributed by atoms with Crippen molar-refractivity contribution in [3.8, 4) is 0 Å². The molecule has 0 aliphatic heterocycles. The Kier molecular flexibility index (Phi) is 4.92. The Bertz CT molecular complexity index is 341. The van der Waals surface area contributed by atoms with E-state index in [1.54, 1.807) is 0 Å². The Hall–Kier alpha value is -0.730. The number of hydrogen-bond donors (Lipinski definition) is 1. The normalized spacial score (nSPS) is 12.2. The smallest absolute Gasteiger partial charge is 0.235 e. The molecular formula is C11H13Cl2NO. The van der Waals surface area contributed by atoms with Gasteiger partial charge in [-0.3, -0.25) is 4.79 Å². The standard InChI is InChI=1S/C11H13Cl2NO/c1-8(14-11(15)7-12)5-9-3-2-4-10(13)6-9/h2-4,6,8H,5,7H2,1H3,(H,14,15). The van der Waals surface area contributed by atoms with Crippen LogP contribution in [-0.4, -0.2) is 17.8 Å². The first-order chi connectivity index (χ1) is 7.11. The number of benzene rings is 1. The van der Waals surface area contributed by atoms with E-state index in [1.165, 1.54) is 0 Å². The van der Waals surface area contributed by atoms with Crippen molar-refractivity contribution < 1.29 is 4.79 Å². The van der Waals surface area contributed by atoms with Crippen molar-refractivity contribution in [3.63, 3.8) is 0 Å². The molecule has 0 fully saturated rings. The minimum absolute atomic E-state index is 0.000113. The lowest BCUT2D eigenvalue weighted by Gasteiger charge is -2.12. The van der Waals surface area contributed by atoms with E-state index >= 15 is 0 Å². The van der Waals surface area contributed by atoms with Gasteiger partial charge < -0.3 is 5.32 Å². The van der Waals surface area contributed by atoms with Crippen LogP contribution in [0.3, 0.4) is 0 Å². The molecular weight excluding hydrogens is 233 g/mol. The maximum atomic E-state index is 11.0. The van der Waals surface area contributed by atoms with Crippen molar-refractivity contribution in [1.29, 1.82) is 0 Å². The molecule has 4 heteroatoms. The third-order valence-corrected chi connectivity index (χ3v) is 2.44. The summed E-state index contributed by atoms with van der Waals surface area (Å²) in [5.74, 6) is -0.147. The molecule has 0 saturated heterocycles. The van der Waals surface area contributed by atoms with Gasteiger partial charge in [0.25, 0.3) is 0 Å². The van der Waals surface area contributed by atoms with Crippen LogP contribution in [0.4, 0.5) is 0 Å². The van der Waals surface area contributed by atoms with Crippen molar-refractivity contribution >= 4 is 29.1 Å². The fourth-order valence-electron chi connectivity index (χ4n) is 1.38. The summed E-state index contributed by atoms with van der Waals surface area (Å²) in [5.41, 5.74) is 1.10. The second-order valence-electron chi connectivity index (χ2n) is 3.44. The number of halogens is 2. The fraction of sp³-hybridized carbons (Fsp3) is 0.364. The van der Waals surface area contributed by atoms with Crippen LogP contribution in [0.2, 0.25) is 5.02 Å². The summed E-state index contributed by atoms with van der Waals surface area (Å²) in [4.78, 5) is 11.0. The van der Waals surface area contributed by atoms with Crippen LogP contribution in [0.15, 0.2) is 24.3 Å². The largest absolute Gasteiger partial charge is 0.352 e. The van der Waals surface area contributed by atoms with Gasteiger partial charge in [-0.1, -0.05) is 23.7 Å². The van der Waals surface area contributed by atoms with Crippen LogP contribution in [0.1, 0.15) is 12.5 Å². The highest BCUT2D eigenvalue weighted by Gasteiger charge is 2.06. The van der Waals surface area contributed by atoms with Crippen LogP contribution in [0, 0.1) is 0 Å². The second kappa shape index (κ2) is 5.99. The molecule has 1 amide bonds. The van der Waals surface area contributed by atoms with Gasteiger partial charge >= 0.3 is 0 Å². The number of rotatable bonds is 4. The van der Waals surface area contributed by atoms with Crippen LogP contribution >= 0.6 is 23.2 Å². The SMILES string of the molecule is CC(Cc1cccc(Cl)c1)NC(=O)CCl. The summed E-state index contributed by atoms with van der Waals surface area (Å²) in [6.07, 6.45) is 0.753. The quantitative estimate of drug-likeness (QED) is 0.813. The van der Waals surface area contributed by atoms with Gasteiger partial charge in [0, 0.05) is 11.1 Å². The van der Waals surface area contributed by atoms with E-state index in [2.05, 4.69) is 5.32 Å². The fourth-order valence-corrected chi connectivity index (χ4v) is 1.67. The lowest BCUT2D eigenvalue weighted by molar-refractivity contribution is -0.119. The molecule has 2 nitrogen and oxygen atoms in total. The first-order valence-corrected chi connectivity index (χ1v) is 5.63. The third kappa shape index (κ3) is 4.54. The molecule has 1 aromatic rings. The molecule has 1 atom stereocenters.